The van der Waals surface area contributed by atoms with E-state index in [1.165, 1.54) is 4.88 Å². The summed E-state index contributed by atoms with van der Waals surface area (Å²) in [6, 6.07) is 1.97. The maximum absolute atomic E-state index is 6.26. The lowest BCUT2D eigenvalue weighted by Gasteiger charge is -2.08. The Morgan fingerprint density at radius 3 is 2.95 bits per heavy atom. The first-order chi connectivity index (χ1) is 9.69. The third kappa shape index (κ3) is 2.43. The summed E-state index contributed by atoms with van der Waals surface area (Å²) in [5.41, 5.74) is 1.93. The SMILES string of the molecule is CCc1cnc(Cn2c(C(C)Cl)nc3cnccc32)s1. The summed E-state index contributed by atoms with van der Waals surface area (Å²) in [5.74, 6) is 0.864. The number of hydrogen-bond donors (Lipinski definition) is 0. The van der Waals surface area contributed by atoms with Crippen molar-refractivity contribution in [3.8, 4) is 0 Å². The molecule has 4 nitrogen and oxygen atoms in total. The first-order valence-electron chi connectivity index (χ1n) is 6.56. The van der Waals surface area contributed by atoms with Gasteiger partial charge < -0.3 is 4.57 Å². The van der Waals surface area contributed by atoms with E-state index < -0.39 is 0 Å². The lowest BCUT2D eigenvalue weighted by atomic mass is 10.4. The zero-order valence-electron chi connectivity index (χ0n) is 11.4. The minimum absolute atomic E-state index is 0.145. The van der Waals surface area contributed by atoms with Gasteiger partial charge in [0.15, 0.2) is 0 Å². The number of alkyl halides is 1. The molecule has 1 atom stereocenters. The van der Waals surface area contributed by atoms with Crippen LogP contribution >= 0.6 is 22.9 Å². The number of aryl methyl sites for hydroxylation is 1. The van der Waals surface area contributed by atoms with Gasteiger partial charge in [-0.2, -0.15) is 0 Å². The Morgan fingerprint density at radius 1 is 1.40 bits per heavy atom. The van der Waals surface area contributed by atoms with Gasteiger partial charge in [-0.3, -0.25) is 4.98 Å². The summed E-state index contributed by atoms with van der Waals surface area (Å²) in [6.45, 7) is 4.78. The van der Waals surface area contributed by atoms with Crippen LogP contribution in [0.5, 0.6) is 0 Å². The van der Waals surface area contributed by atoms with Gasteiger partial charge in [-0.1, -0.05) is 6.92 Å². The number of hydrogen-bond acceptors (Lipinski definition) is 4. The molecule has 3 heterocycles. The maximum atomic E-state index is 6.26. The van der Waals surface area contributed by atoms with E-state index >= 15 is 0 Å². The van der Waals surface area contributed by atoms with Crippen LogP contribution < -0.4 is 0 Å². The van der Waals surface area contributed by atoms with Gasteiger partial charge in [0.1, 0.15) is 16.3 Å². The lowest BCUT2D eigenvalue weighted by Crippen LogP contribution is -2.05. The maximum Gasteiger partial charge on any atom is 0.128 e. The van der Waals surface area contributed by atoms with Gasteiger partial charge in [-0.05, 0) is 19.4 Å². The Kier molecular flexibility index (Phi) is 3.72. The largest absolute Gasteiger partial charge is 0.320 e. The summed E-state index contributed by atoms with van der Waals surface area (Å²) < 4.78 is 2.13. The molecule has 0 bridgehead atoms. The topological polar surface area (TPSA) is 43.6 Å². The summed E-state index contributed by atoms with van der Waals surface area (Å²) in [5, 5.41) is 0.935. The summed E-state index contributed by atoms with van der Waals surface area (Å²) in [6.07, 6.45) is 6.52. The highest BCUT2D eigenvalue weighted by Gasteiger charge is 2.16. The van der Waals surface area contributed by atoms with Crippen molar-refractivity contribution >= 4 is 34.0 Å². The van der Waals surface area contributed by atoms with Crippen LogP contribution in [0.15, 0.2) is 24.7 Å². The molecule has 3 aromatic heterocycles. The highest BCUT2D eigenvalue weighted by molar-refractivity contribution is 7.11. The first-order valence-corrected chi connectivity index (χ1v) is 7.82. The van der Waals surface area contributed by atoms with Gasteiger partial charge in [0, 0.05) is 17.3 Å². The fourth-order valence-electron chi connectivity index (χ4n) is 2.19. The number of imidazole rings is 1. The van der Waals surface area contributed by atoms with Crippen LogP contribution in [0.25, 0.3) is 11.0 Å². The van der Waals surface area contributed by atoms with E-state index in [0.717, 1.165) is 28.3 Å². The zero-order valence-corrected chi connectivity index (χ0v) is 12.9. The molecule has 0 fully saturated rings. The Morgan fingerprint density at radius 2 is 2.25 bits per heavy atom. The Bertz CT molecular complexity index is 732. The third-order valence-corrected chi connectivity index (χ3v) is 4.50. The van der Waals surface area contributed by atoms with Gasteiger partial charge in [-0.25, -0.2) is 9.97 Å². The Hall–Kier alpha value is -1.46. The molecule has 104 valence electrons. The van der Waals surface area contributed by atoms with Crippen molar-refractivity contribution in [3.05, 3.63) is 40.4 Å². The van der Waals surface area contributed by atoms with Crippen LogP contribution in [0, 0.1) is 0 Å². The minimum Gasteiger partial charge on any atom is -0.320 e. The van der Waals surface area contributed by atoms with Crippen molar-refractivity contribution in [1.82, 2.24) is 19.5 Å². The van der Waals surface area contributed by atoms with E-state index in [0.29, 0.717) is 6.54 Å². The molecule has 3 rings (SSSR count). The molecule has 0 aliphatic rings. The van der Waals surface area contributed by atoms with Crippen LogP contribution in [-0.2, 0) is 13.0 Å². The first kappa shape index (κ1) is 13.5. The molecule has 6 heteroatoms. The van der Waals surface area contributed by atoms with Crippen molar-refractivity contribution in [1.29, 1.82) is 0 Å². The average Bonchev–Trinajstić information content (AvgIpc) is 3.04. The molecule has 0 aliphatic heterocycles. The van der Waals surface area contributed by atoms with Crippen LogP contribution in [0.4, 0.5) is 0 Å². The standard InChI is InChI=1S/C14H15ClN4S/c1-3-10-6-17-13(20-10)8-19-12-4-5-16-7-11(12)18-14(19)9(2)15/h4-7,9H,3,8H2,1-2H3. The molecule has 0 spiro atoms. The number of rotatable bonds is 4. The molecule has 0 N–H and O–H groups in total. The Labute approximate surface area is 126 Å². The normalized spacial score (nSPS) is 12.9. The van der Waals surface area contributed by atoms with Gasteiger partial charge in [0.25, 0.3) is 0 Å². The molecular weight excluding hydrogens is 292 g/mol. The van der Waals surface area contributed by atoms with Crippen molar-refractivity contribution in [3.63, 3.8) is 0 Å². The second kappa shape index (κ2) is 5.50. The molecule has 0 saturated heterocycles. The average molecular weight is 307 g/mol. The van der Waals surface area contributed by atoms with Gasteiger partial charge in [-0.15, -0.1) is 22.9 Å². The predicted molar refractivity (Wildman–Crippen MR) is 82.4 cm³/mol. The van der Waals surface area contributed by atoms with Crippen molar-refractivity contribution < 1.29 is 0 Å². The van der Waals surface area contributed by atoms with Gasteiger partial charge >= 0.3 is 0 Å². The summed E-state index contributed by atoms with van der Waals surface area (Å²) in [4.78, 5) is 14.5. The lowest BCUT2D eigenvalue weighted by molar-refractivity contribution is 0.738. The number of aromatic nitrogens is 4. The highest BCUT2D eigenvalue weighted by atomic mass is 35.5. The van der Waals surface area contributed by atoms with Crippen LogP contribution in [0.1, 0.15) is 34.9 Å². The van der Waals surface area contributed by atoms with E-state index in [2.05, 4.69) is 26.4 Å². The van der Waals surface area contributed by atoms with Crippen molar-refractivity contribution in [2.75, 3.05) is 0 Å². The van der Waals surface area contributed by atoms with Crippen molar-refractivity contribution in [2.45, 2.75) is 32.2 Å². The number of pyridine rings is 1. The van der Waals surface area contributed by atoms with Crippen LogP contribution in [-0.4, -0.2) is 19.5 Å². The fourth-order valence-corrected chi connectivity index (χ4v) is 3.21. The molecule has 3 aromatic rings. The second-order valence-corrected chi connectivity index (χ2v) is 6.46. The second-order valence-electron chi connectivity index (χ2n) is 4.61. The molecule has 0 aromatic carbocycles. The van der Waals surface area contributed by atoms with E-state index in [1.54, 1.807) is 23.7 Å². The molecule has 1 unspecified atom stereocenters. The molecule has 0 radical (unpaired) electrons. The van der Waals surface area contributed by atoms with E-state index in [-0.39, 0.29) is 5.38 Å². The molecule has 0 amide bonds. The van der Waals surface area contributed by atoms with Gasteiger partial charge in [0.2, 0.25) is 0 Å². The van der Waals surface area contributed by atoms with Gasteiger partial charge in [0.05, 0.1) is 23.6 Å². The number of nitrogens with zero attached hydrogens (tertiary/aromatic N) is 4. The fraction of sp³-hybridized carbons (Fsp3) is 0.357. The zero-order chi connectivity index (χ0) is 14.1. The minimum atomic E-state index is -0.145. The monoisotopic (exact) mass is 306 g/mol. The number of halogens is 1. The molecule has 20 heavy (non-hydrogen) atoms. The number of thiazole rings is 1. The smallest absolute Gasteiger partial charge is 0.128 e. The summed E-state index contributed by atoms with van der Waals surface area (Å²) >= 11 is 8.00. The number of fused-ring (bicyclic) bond motifs is 1. The van der Waals surface area contributed by atoms with E-state index in [9.17, 15) is 0 Å². The van der Waals surface area contributed by atoms with E-state index in [4.69, 9.17) is 11.6 Å². The Balaban J connectivity index is 2.06. The molecular formula is C14H15ClN4S. The van der Waals surface area contributed by atoms with Crippen LogP contribution in [0.3, 0.4) is 0 Å². The quantitative estimate of drug-likeness (QED) is 0.689. The summed E-state index contributed by atoms with van der Waals surface area (Å²) in [7, 11) is 0. The van der Waals surface area contributed by atoms with Crippen molar-refractivity contribution in [2.24, 2.45) is 0 Å². The third-order valence-electron chi connectivity index (χ3n) is 3.18. The molecule has 0 saturated carbocycles. The predicted octanol–water partition coefficient (Wildman–Crippen LogP) is 3.80. The molecule has 0 aliphatic carbocycles. The highest BCUT2D eigenvalue weighted by Crippen LogP contribution is 2.26. The van der Waals surface area contributed by atoms with Crippen LogP contribution in [0.2, 0.25) is 0 Å². The van der Waals surface area contributed by atoms with E-state index in [1.807, 2.05) is 19.2 Å².